The first kappa shape index (κ1) is 12.2. The first-order chi connectivity index (χ1) is 7.74. The van der Waals surface area contributed by atoms with Crippen LogP contribution in [0.25, 0.3) is 0 Å². The zero-order valence-corrected chi connectivity index (χ0v) is 12.4. The van der Waals surface area contributed by atoms with E-state index >= 15 is 0 Å². The fourth-order valence-corrected chi connectivity index (χ4v) is 4.08. The standard InChI is InChI=1S/C11H13BrN2S2/c1-3-13-10(8-4-15-5-9(8)12)11-7(2)14-6-16-11/h4-6,10,13H,3H2,1-2H3. The third-order valence-electron chi connectivity index (χ3n) is 2.41. The van der Waals surface area contributed by atoms with E-state index in [1.54, 1.807) is 22.7 Å². The van der Waals surface area contributed by atoms with Crippen molar-refractivity contribution in [3.8, 4) is 0 Å². The number of hydrogen-bond acceptors (Lipinski definition) is 4. The Balaban J connectivity index is 2.39. The highest BCUT2D eigenvalue weighted by molar-refractivity contribution is 9.10. The fourth-order valence-electron chi connectivity index (χ4n) is 1.63. The summed E-state index contributed by atoms with van der Waals surface area (Å²) in [5, 5.41) is 7.83. The van der Waals surface area contributed by atoms with E-state index in [9.17, 15) is 0 Å². The van der Waals surface area contributed by atoms with Crippen LogP contribution in [0.15, 0.2) is 20.7 Å². The van der Waals surface area contributed by atoms with Gasteiger partial charge in [-0.2, -0.15) is 11.3 Å². The number of aromatic nitrogens is 1. The molecule has 1 atom stereocenters. The first-order valence-electron chi connectivity index (χ1n) is 5.09. The molecular weight excluding hydrogens is 304 g/mol. The molecule has 0 amide bonds. The fraction of sp³-hybridized carbons (Fsp3) is 0.364. The van der Waals surface area contributed by atoms with Crippen molar-refractivity contribution in [1.29, 1.82) is 0 Å². The van der Waals surface area contributed by atoms with Crippen LogP contribution in [0.4, 0.5) is 0 Å². The van der Waals surface area contributed by atoms with Gasteiger partial charge in [0.2, 0.25) is 0 Å². The molecule has 0 saturated heterocycles. The SMILES string of the molecule is CCNC(c1cscc1Br)c1scnc1C. The Bertz CT molecular complexity index is 424. The first-order valence-corrected chi connectivity index (χ1v) is 7.70. The molecule has 0 aromatic carbocycles. The molecule has 0 fully saturated rings. The molecule has 5 heteroatoms. The van der Waals surface area contributed by atoms with Gasteiger partial charge in [-0.15, -0.1) is 11.3 Å². The Labute approximate surface area is 112 Å². The zero-order valence-electron chi connectivity index (χ0n) is 9.16. The molecule has 86 valence electrons. The van der Waals surface area contributed by atoms with Crippen molar-refractivity contribution in [3.05, 3.63) is 36.9 Å². The molecule has 0 aliphatic rings. The summed E-state index contributed by atoms with van der Waals surface area (Å²) in [6, 6.07) is 0.262. The van der Waals surface area contributed by atoms with E-state index in [4.69, 9.17) is 0 Å². The third-order valence-corrected chi connectivity index (χ3v) is 5.15. The maximum atomic E-state index is 4.33. The van der Waals surface area contributed by atoms with E-state index in [1.165, 1.54) is 14.9 Å². The lowest BCUT2D eigenvalue weighted by atomic mass is 10.1. The number of hydrogen-bond donors (Lipinski definition) is 1. The van der Waals surface area contributed by atoms with Crippen LogP contribution in [-0.4, -0.2) is 11.5 Å². The van der Waals surface area contributed by atoms with Gasteiger partial charge in [-0.25, -0.2) is 4.98 Å². The Kier molecular flexibility index (Phi) is 4.13. The van der Waals surface area contributed by atoms with Crippen LogP contribution < -0.4 is 5.32 Å². The Morgan fingerprint density at radius 2 is 2.31 bits per heavy atom. The number of nitrogens with zero attached hydrogens (tertiary/aromatic N) is 1. The molecule has 0 radical (unpaired) electrons. The monoisotopic (exact) mass is 316 g/mol. The van der Waals surface area contributed by atoms with Crippen LogP contribution in [0, 0.1) is 6.92 Å². The lowest BCUT2D eigenvalue weighted by Crippen LogP contribution is -2.21. The van der Waals surface area contributed by atoms with Crippen molar-refractivity contribution in [2.24, 2.45) is 0 Å². The number of aryl methyl sites for hydroxylation is 1. The highest BCUT2D eigenvalue weighted by atomic mass is 79.9. The highest BCUT2D eigenvalue weighted by Gasteiger charge is 2.20. The number of thiazole rings is 1. The van der Waals surface area contributed by atoms with Gasteiger partial charge in [0.15, 0.2) is 0 Å². The molecule has 2 heterocycles. The topological polar surface area (TPSA) is 24.9 Å². The van der Waals surface area contributed by atoms with Crippen LogP contribution in [0.2, 0.25) is 0 Å². The summed E-state index contributed by atoms with van der Waals surface area (Å²) in [4.78, 5) is 5.63. The van der Waals surface area contributed by atoms with Gasteiger partial charge in [0.1, 0.15) is 0 Å². The van der Waals surface area contributed by atoms with Gasteiger partial charge in [-0.1, -0.05) is 6.92 Å². The number of nitrogens with one attached hydrogen (secondary N) is 1. The lowest BCUT2D eigenvalue weighted by molar-refractivity contribution is 0.635. The summed E-state index contributed by atoms with van der Waals surface area (Å²) >= 11 is 7.04. The summed E-state index contributed by atoms with van der Waals surface area (Å²) in [5.41, 5.74) is 4.34. The summed E-state index contributed by atoms with van der Waals surface area (Å²) in [5.74, 6) is 0. The molecule has 2 aromatic rings. The molecule has 2 nitrogen and oxygen atoms in total. The van der Waals surface area contributed by atoms with E-state index < -0.39 is 0 Å². The smallest absolute Gasteiger partial charge is 0.0798 e. The van der Waals surface area contributed by atoms with Crippen LogP contribution >= 0.6 is 38.6 Å². The van der Waals surface area contributed by atoms with Crippen molar-refractivity contribution in [2.45, 2.75) is 19.9 Å². The second kappa shape index (κ2) is 5.40. The summed E-state index contributed by atoms with van der Waals surface area (Å²) in [6.45, 7) is 5.14. The van der Waals surface area contributed by atoms with E-state index in [0.717, 1.165) is 12.2 Å². The highest BCUT2D eigenvalue weighted by Crippen LogP contribution is 2.34. The van der Waals surface area contributed by atoms with Crippen molar-refractivity contribution >= 4 is 38.6 Å². The van der Waals surface area contributed by atoms with Gasteiger partial charge in [-0.05, 0) is 40.3 Å². The summed E-state index contributed by atoms with van der Waals surface area (Å²) < 4.78 is 1.18. The van der Waals surface area contributed by atoms with E-state index in [2.05, 4.69) is 50.8 Å². The molecular formula is C11H13BrN2S2. The minimum Gasteiger partial charge on any atom is -0.306 e. The second-order valence-corrected chi connectivity index (χ2v) is 5.95. The van der Waals surface area contributed by atoms with Crippen molar-refractivity contribution < 1.29 is 0 Å². The molecule has 2 aromatic heterocycles. The summed E-state index contributed by atoms with van der Waals surface area (Å²) in [6.07, 6.45) is 0. The maximum Gasteiger partial charge on any atom is 0.0798 e. The van der Waals surface area contributed by atoms with Crippen LogP contribution in [0.5, 0.6) is 0 Å². The number of rotatable bonds is 4. The molecule has 0 aliphatic heterocycles. The molecule has 0 saturated carbocycles. The minimum absolute atomic E-state index is 0.262. The van der Waals surface area contributed by atoms with Crippen molar-refractivity contribution in [3.63, 3.8) is 0 Å². The maximum absolute atomic E-state index is 4.33. The van der Waals surface area contributed by atoms with Gasteiger partial charge in [0, 0.05) is 14.7 Å². The normalized spacial score (nSPS) is 12.9. The third kappa shape index (κ3) is 2.37. The molecule has 0 bridgehead atoms. The lowest BCUT2D eigenvalue weighted by Gasteiger charge is -2.16. The Morgan fingerprint density at radius 3 is 2.81 bits per heavy atom. The minimum atomic E-state index is 0.262. The number of halogens is 1. The van der Waals surface area contributed by atoms with E-state index in [0.29, 0.717) is 0 Å². The molecule has 1 unspecified atom stereocenters. The zero-order chi connectivity index (χ0) is 11.5. The van der Waals surface area contributed by atoms with Crippen molar-refractivity contribution in [1.82, 2.24) is 10.3 Å². The van der Waals surface area contributed by atoms with Gasteiger partial charge in [0.25, 0.3) is 0 Å². The molecule has 0 aliphatic carbocycles. The summed E-state index contributed by atoms with van der Waals surface area (Å²) in [7, 11) is 0. The van der Waals surface area contributed by atoms with E-state index in [-0.39, 0.29) is 6.04 Å². The van der Waals surface area contributed by atoms with Gasteiger partial charge in [-0.3, -0.25) is 0 Å². The second-order valence-electron chi connectivity index (χ2n) is 3.47. The molecule has 2 rings (SSSR count). The van der Waals surface area contributed by atoms with Crippen LogP contribution in [0.1, 0.15) is 29.1 Å². The predicted molar refractivity (Wildman–Crippen MR) is 74.4 cm³/mol. The molecule has 1 N–H and O–H groups in total. The molecule has 0 spiro atoms. The Hall–Kier alpha value is -0.230. The van der Waals surface area contributed by atoms with Gasteiger partial charge >= 0.3 is 0 Å². The quantitative estimate of drug-likeness (QED) is 0.923. The van der Waals surface area contributed by atoms with Gasteiger partial charge in [0.05, 0.1) is 17.2 Å². The predicted octanol–water partition coefficient (Wildman–Crippen LogP) is 3.97. The van der Waals surface area contributed by atoms with Crippen LogP contribution in [-0.2, 0) is 0 Å². The average Bonchev–Trinajstić information content (AvgIpc) is 2.84. The average molecular weight is 317 g/mol. The molecule has 16 heavy (non-hydrogen) atoms. The van der Waals surface area contributed by atoms with Crippen molar-refractivity contribution in [2.75, 3.05) is 6.54 Å². The largest absolute Gasteiger partial charge is 0.306 e. The Morgan fingerprint density at radius 1 is 1.50 bits per heavy atom. The van der Waals surface area contributed by atoms with Crippen LogP contribution in [0.3, 0.4) is 0 Å². The van der Waals surface area contributed by atoms with E-state index in [1.807, 2.05) is 5.51 Å². The van der Waals surface area contributed by atoms with Gasteiger partial charge < -0.3 is 5.32 Å². The number of thiophene rings is 1.